The molecule has 0 saturated heterocycles. The predicted octanol–water partition coefficient (Wildman–Crippen LogP) is 6.24. The number of pyridine rings is 1. The smallest absolute Gasteiger partial charge is 0.226 e. The Hall–Kier alpha value is -2.69. The summed E-state index contributed by atoms with van der Waals surface area (Å²) in [4.78, 5) is 30.1. The summed E-state index contributed by atoms with van der Waals surface area (Å²) in [6, 6.07) is 16.7. The molecule has 0 aliphatic carbocycles. The van der Waals surface area contributed by atoms with Crippen LogP contribution in [0.15, 0.2) is 60.8 Å². The number of anilines is 1. The Balaban J connectivity index is 1.70. The molecule has 0 atom stereocenters. The summed E-state index contributed by atoms with van der Waals surface area (Å²) in [5.41, 5.74) is 4.17. The van der Waals surface area contributed by atoms with Gasteiger partial charge in [0.2, 0.25) is 5.91 Å². The third-order valence-electron chi connectivity index (χ3n) is 4.96. The molecule has 0 N–H and O–H groups in total. The highest BCUT2D eigenvalue weighted by Crippen LogP contribution is 2.28. The Kier molecular flexibility index (Phi) is 7.24. The van der Waals surface area contributed by atoms with Crippen LogP contribution in [-0.4, -0.2) is 23.7 Å². The average Bonchev–Trinajstić information content (AvgIpc) is 2.77. The van der Waals surface area contributed by atoms with E-state index >= 15 is 0 Å². The number of hydrogen-bond acceptors (Lipinski definition) is 3. The molecular formula is C24H22Cl2N2O2. The Bertz CT molecular complexity index is 1050. The lowest BCUT2D eigenvalue weighted by atomic mass is 9.99. The van der Waals surface area contributed by atoms with Gasteiger partial charge in [-0.25, -0.2) is 4.98 Å². The first-order valence-corrected chi connectivity index (χ1v) is 10.4. The van der Waals surface area contributed by atoms with Gasteiger partial charge in [-0.3, -0.25) is 9.59 Å². The molecule has 4 nitrogen and oxygen atoms in total. The molecule has 0 unspecified atom stereocenters. The van der Waals surface area contributed by atoms with Gasteiger partial charge in [0.15, 0.2) is 5.78 Å². The predicted molar refractivity (Wildman–Crippen MR) is 122 cm³/mol. The fraction of sp³-hybridized carbons (Fsp3) is 0.208. The largest absolute Gasteiger partial charge is 0.316 e. The van der Waals surface area contributed by atoms with Crippen molar-refractivity contribution in [1.82, 2.24) is 4.98 Å². The number of rotatable bonds is 7. The second-order valence-electron chi connectivity index (χ2n) is 6.96. The van der Waals surface area contributed by atoms with E-state index in [1.54, 1.807) is 36.3 Å². The lowest BCUT2D eigenvalue weighted by Gasteiger charge is -2.17. The molecule has 0 aliphatic rings. The Labute approximate surface area is 186 Å². The molecule has 0 fully saturated rings. The van der Waals surface area contributed by atoms with Crippen molar-refractivity contribution in [2.24, 2.45) is 0 Å². The molecular weight excluding hydrogens is 419 g/mol. The van der Waals surface area contributed by atoms with E-state index in [9.17, 15) is 9.59 Å². The van der Waals surface area contributed by atoms with Crippen molar-refractivity contribution >= 4 is 40.6 Å². The highest BCUT2D eigenvalue weighted by atomic mass is 35.5. The van der Waals surface area contributed by atoms with E-state index in [0.29, 0.717) is 35.0 Å². The number of nitrogens with zero attached hydrogens (tertiary/aromatic N) is 2. The minimum Gasteiger partial charge on any atom is -0.316 e. The van der Waals surface area contributed by atoms with Crippen LogP contribution in [0.5, 0.6) is 0 Å². The van der Waals surface area contributed by atoms with Gasteiger partial charge >= 0.3 is 0 Å². The van der Waals surface area contributed by atoms with Crippen LogP contribution in [0.1, 0.15) is 35.7 Å². The van der Waals surface area contributed by atoms with Gasteiger partial charge in [0.1, 0.15) is 5.15 Å². The van der Waals surface area contributed by atoms with Gasteiger partial charge in [-0.1, -0.05) is 54.4 Å². The summed E-state index contributed by atoms with van der Waals surface area (Å²) >= 11 is 12.2. The maximum Gasteiger partial charge on any atom is 0.226 e. The second kappa shape index (κ2) is 9.88. The molecule has 30 heavy (non-hydrogen) atoms. The lowest BCUT2D eigenvalue weighted by molar-refractivity contribution is -0.118. The van der Waals surface area contributed by atoms with Crippen LogP contribution in [-0.2, 0) is 11.2 Å². The fourth-order valence-electron chi connectivity index (χ4n) is 3.13. The molecule has 2 aromatic carbocycles. The van der Waals surface area contributed by atoms with Crippen LogP contribution in [0.25, 0.3) is 11.1 Å². The lowest BCUT2D eigenvalue weighted by Crippen LogP contribution is -2.24. The number of hydrogen-bond donors (Lipinski definition) is 0. The number of benzene rings is 2. The first kappa shape index (κ1) is 22.0. The number of halogens is 2. The van der Waals surface area contributed by atoms with E-state index in [1.807, 2.05) is 43.3 Å². The maximum atomic E-state index is 12.6. The minimum atomic E-state index is -0.0171. The molecule has 0 saturated carbocycles. The molecule has 154 valence electrons. The van der Waals surface area contributed by atoms with E-state index in [4.69, 9.17) is 23.2 Å². The van der Waals surface area contributed by atoms with Crippen LogP contribution in [0.4, 0.5) is 5.69 Å². The summed E-state index contributed by atoms with van der Waals surface area (Å²) in [6.45, 7) is 1.84. The third kappa shape index (κ3) is 5.26. The van der Waals surface area contributed by atoms with Gasteiger partial charge in [-0.05, 0) is 53.4 Å². The summed E-state index contributed by atoms with van der Waals surface area (Å²) < 4.78 is 0. The van der Waals surface area contributed by atoms with Crippen molar-refractivity contribution in [3.05, 3.63) is 82.1 Å². The number of amides is 1. The first-order chi connectivity index (χ1) is 14.4. The van der Waals surface area contributed by atoms with Crippen LogP contribution in [0, 0.1) is 0 Å². The van der Waals surface area contributed by atoms with E-state index in [0.717, 1.165) is 22.4 Å². The third-order valence-corrected chi connectivity index (χ3v) is 5.50. The summed E-state index contributed by atoms with van der Waals surface area (Å²) in [5.74, 6) is 0.0413. The van der Waals surface area contributed by atoms with Gasteiger partial charge in [0.25, 0.3) is 0 Å². The number of aromatic nitrogens is 1. The number of carbonyl (C=O) groups is 2. The molecule has 1 heterocycles. The van der Waals surface area contributed by atoms with E-state index in [1.165, 1.54) is 0 Å². The Morgan fingerprint density at radius 1 is 0.967 bits per heavy atom. The van der Waals surface area contributed by atoms with Crippen molar-refractivity contribution in [2.75, 3.05) is 11.9 Å². The van der Waals surface area contributed by atoms with Crippen LogP contribution in [0.2, 0.25) is 10.2 Å². The van der Waals surface area contributed by atoms with Crippen molar-refractivity contribution in [3.63, 3.8) is 0 Å². The van der Waals surface area contributed by atoms with E-state index in [2.05, 4.69) is 4.98 Å². The second-order valence-corrected chi connectivity index (χ2v) is 7.75. The van der Waals surface area contributed by atoms with Crippen LogP contribution >= 0.6 is 23.2 Å². The molecule has 0 spiro atoms. The number of carbonyl (C=O) groups excluding carboxylic acids is 2. The summed E-state index contributed by atoms with van der Waals surface area (Å²) in [7, 11) is 1.76. The highest BCUT2D eigenvalue weighted by Gasteiger charge is 2.13. The zero-order valence-electron chi connectivity index (χ0n) is 16.9. The molecule has 3 aromatic rings. The molecule has 1 amide bonds. The van der Waals surface area contributed by atoms with Crippen LogP contribution in [0.3, 0.4) is 0 Å². The van der Waals surface area contributed by atoms with E-state index < -0.39 is 0 Å². The topological polar surface area (TPSA) is 50.3 Å². The number of aryl methyl sites for hydroxylation is 1. The standard InChI is InChI=1S/C24H22Cl2N2O2/c1-3-24(30)28(2)19-9-6-17(7-10-19)18-8-11-20(21(25)14-18)22(29)12-4-16-5-13-23(26)27-15-16/h5-11,13-15H,3-4,12H2,1-2H3. The molecule has 0 aliphatic heterocycles. The van der Waals surface area contributed by atoms with Crippen molar-refractivity contribution in [3.8, 4) is 11.1 Å². The molecule has 0 bridgehead atoms. The Morgan fingerprint density at radius 2 is 1.67 bits per heavy atom. The first-order valence-electron chi connectivity index (χ1n) is 9.69. The van der Waals surface area contributed by atoms with Crippen molar-refractivity contribution < 1.29 is 9.59 Å². The normalized spacial score (nSPS) is 10.7. The van der Waals surface area contributed by atoms with Crippen molar-refractivity contribution in [1.29, 1.82) is 0 Å². The summed E-state index contributed by atoms with van der Waals surface area (Å²) in [6.07, 6.45) is 3.05. The monoisotopic (exact) mass is 440 g/mol. The van der Waals surface area contributed by atoms with E-state index in [-0.39, 0.29) is 11.7 Å². The molecule has 6 heteroatoms. The number of ketones is 1. The SMILES string of the molecule is CCC(=O)N(C)c1ccc(-c2ccc(C(=O)CCc3ccc(Cl)nc3)c(Cl)c2)cc1. The Morgan fingerprint density at radius 3 is 2.27 bits per heavy atom. The minimum absolute atomic E-state index is 0.0171. The average molecular weight is 441 g/mol. The van der Waals surface area contributed by atoms with Gasteiger partial charge in [0, 0.05) is 37.3 Å². The quantitative estimate of drug-likeness (QED) is 0.322. The fourth-order valence-corrected chi connectivity index (χ4v) is 3.52. The van der Waals surface area contributed by atoms with Gasteiger partial charge in [-0.2, -0.15) is 0 Å². The van der Waals surface area contributed by atoms with Gasteiger partial charge in [0.05, 0.1) is 5.02 Å². The van der Waals surface area contributed by atoms with Crippen molar-refractivity contribution in [2.45, 2.75) is 26.2 Å². The maximum absolute atomic E-state index is 12.6. The highest BCUT2D eigenvalue weighted by molar-refractivity contribution is 6.34. The summed E-state index contributed by atoms with van der Waals surface area (Å²) in [5, 5.41) is 0.856. The zero-order chi connectivity index (χ0) is 21.7. The molecule has 1 aromatic heterocycles. The van der Waals surface area contributed by atoms with Gasteiger partial charge < -0.3 is 4.90 Å². The molecule has 0 radical (unpaired) electrons. The van der Waals surface area contributed by atoms with Gasteiger partial charge in [-0.15, -0.1) is 0 Å². The zero-order valence-corrected chi connectivity index (χ0v) is 18.4. The van der Waals surface area contributed by atoms with Crippen LogP contribution < -0.4 is 4.90 Å². The molecule has 3 rings (SSSR count). The number of Topliss-reactive ketones (excluding diaryl/α,β-unsaturated/α-hetero) is 1.